The lowest BCUT2D eigenvalue weighted by atomic mass is 9.48. The molecular formula is C103H95BN8O2. The average Bonchev–Trinajstić information content (AvgIpc) is 0.929. The summed E-state index contributed by atoms with van der Waals surface area (Å²) in [6.07, 6.45) is 21.3. The Bertz CT molecular complexity index is 5530. The summed E-state index contributed by atoms with van der Waals surface area (Å²) in [5.74, 6) is 9.74. The smallest absolute Gasteiger partial charge is 0.399 e. The molecule has 9 aliphatic rings. The van der Waals surface area contributed by atoms with Crippen molar-refractivity contribution in [3.05, 3.63) is 320 Å². The first-order valence-corrected chi connectivity index (χ1v) is 41.3. The average molecular weight is 1490 g/mol. The van der Waals surface area contributed by atoms with Crippen LogP contribution in [0, 0.1) is 42.4 Å². The molecule has 5 heterocycles. The Labute approximate surface area is 671 Å². The van der Waals surface area contributed by atoms with Crippen LogP contribution in [0.3, 0.4) is 0 Å². The third-order valence-electron chi connectivity index (χ3n) is 26.3. The Morgan fingerprint density at radius 1 is 0.263 bits per heavy atom. The second kappa shape index (κ2) is 30.4. The van der Waals surface area contributed by atoms with Gasteiger partial charge in [-0.3, -0.25) is 9.97 Å². The van der Waals surface area contributed by atoms with Crippen molar-refractivity contribution in [1.82, 2.24) is 39.9 Å². The molecule has 562 valence electrons. The maximum absolute atomic E-state index is 6.51. The quantitative estimate of drug-likeness (QED) is 0.0973. The van der Waals surface area contributed by atoms with Gasteiger partial charge in [0.2, 0.25) is 0 Å². The molecule has 11 heteroatoms. The number of rotatable bonds is 14. The maximum atomic E-state index is 6.51. The van der Waals surface area contributed by atoms with Gasteiger partial charge in [0.25, 0.3) is 0 Å². The molecule has 0 N–H and O–H groups in total. The van der Waals surface area contributed by atoms with Crippen LogP contribution in [0.5, 0.6) is 0 Å². The molecule has 0 atom stereocenters. The number of hydrogen-bond donors (Lipinski definition) is 0. The summed E-state index contributed by atoms with van der Waals surface area (Å²) in [5, 5.41) is 0. The molecule has 0 radical (unpaired) electrons. The van der Waals surface area contributed by atoms with E-state index in [2.05, 4.69) is 208 Å². The van der Waals surface area contributed by atoms with Crippen molar-refractivity contribution in [2.45, 2.75) is 134 Å². The van der Waals surface area contributed by atoms with Crippen molar-refractivity contribution in [3.8, 4) is 124 Å². The molecule has 23 rings (SSSR count). The van der Waals surface area contributed by atoms with E-state index in [1.54, 1.807) is 30.4 Å². The number of nitrogens with zero attached hydrogens (tertiary/aromatic N) is 8. The van der Waals surface area contributed by atoms with Gasteiger partial charge in [0.1, 0.15) is 0 Å². The number of aryl methyl sites for hydroxylation is 1. The Hall–Kier alpha value is -11.5. The van der Waals surface area contributed by atoms with Gasteiger partial charge in [-0.2, -0.15) is 0 Å². The number of benzene rings is 10. The Morgan fingerprint density at radius 2 is 0.526 bits per heavy atom. The van der Waals surface area contributed by atoms with Crippen molar-refractivity contribution < 1.29 is 9.31 Å². The van der Waals surface area contributed by atoms with E-state index in [-0.39, 0.29) is 0 Å². The van der Waals surface area contributed by atoms with E-state index in [1.165, 1.54) is 68.9 Å². The fraction of sp³-hybridized carbons (Fsp3) is 0.262. The summed E-state index contributed by atoms with van der Waals surface area (Å²) < 4.78 is 13.0. The lowest BCUT2D eigenvalue weighted by molar-refractivity contribution is -0.00530. The molecule has 9 fully saturated rings. The van der Waals surface area contributed by atoms with Crippen molar-refractivity contribution in [2.24, 2.45) is 35.5 Å². The highest BCUT2D eigenvalue weighted by Gasteiger charge is 2.54. The molecule has 1 saturated heterocycles. The first kappa shape index (κ1) is 72.7. The summed E-state index contributed by atoms with van der Waals surface area (Å²) in [6.45, 7) is 10.5. The topological polar surface area (TPSA) is 122 Å². The lowest BCUT2D eigenvalue weighted by Gasteiger charge is -2.57. The van der Waals surface area contributed by atoms with Crippen LogP contribution in [0.25, 0.3) is 124 Å². The Morgan fingerprint density at radius 3 is 0.851 bits per heavy atom. The summed E-state index contributed by atoms with van der Waals surface area (Å²) in [5.41, 5.74) is 21.8. The molecule has 0 unspecified atom stereocenters. The summed E-state index contributed by atoms with van der Waals surface area (Å²) in [6, 6.07) is 102. The van der Waals surface area contributed by atoms with Gasteiger partial charge in [-0.1, -0.05) is 248 Å². The van der Waals surface area contributed by atoms with Gasteiger partial charge >= 0.3 is 7.12 Å². The van der Waals surface area contributed by atoms with Crippen molar-refractivity contribution in [2.75, 3.05) is 0 Å². The molecule has 10 nitrogen and oxygen atoms in total. The fourth-order valence-corrected chi connectivity index (χ4v) is 20.6. The predicted molar refractivity (Wildman–Crippen MR) is 462 cm³/mol. The lowest BCUT2D eigenvalue weighted by Crippen LogP contribution is -2.48. The van der Waals surface area contributed by atoms with E-state index < -0.39 is 18.3 Å². The van der Waals surface area contributed by atoms with Gasteiger partial charge in [0.15, 0.2) is 34.9 Å². The third-order valence-corrected chi connectivity index (χ3v) is 26.3. The van der Waals surface area contributed by atoms with Crippen LogP contribution in [0.1, 0.15) is 121 Å². The van der Waals surface area contributed by atoms with E-state index in [0.717, 1.165) is 125 Å². The second-order valence-electron chi connectivity index (χ2n) is 34.7. The van der Waals surface area contributed by atoms with Gasteiger partial charge in [-0.05, 0) is 257 Å². The number of pyridine rings is 2. The molecule has 0 amide bonds. The monoisotopic (exact) mass is 1490 g/mol. The first-order chi connectivity index (χ1) is 55.6. The van der Waals surface area contributed by atoms with Gasteiger partial charge in [-0.25, -0.2) is 29.9 Å². The zero-order valence-electron chi connectivity index (χ0n) is 65.8. The minimum atomic E-state index is -0.550. The minimum absolute atomic E-state index is 0.377. The molecule has 8 aliphatic carbocycles. The van der Waals surface area contributed by atoms with E-state index >= 15 is 0 Å². The standard InChI is InChI=1S/C48H40N4.C38H33BN4O2.C17H22/c1-3-9-38(10-4-1)45-50-46(39-11-5-2-6-12-39)52-47(51-45)42-27-40(35-14-16-37(17-15-35)44-13-7-8-22-49-44)26-41(28-42)36-18-20-43(21-19-36)48-29-32-23-33(30-48)25-34(24-32)31-48;1-37(2)38(3,4)45-39(44-37)32-24-30(26-18-20-27(21-19-26)33-17-11-12-22-40-33)23-31(25-32)36-42-34(28-13-7-5-8-14-28)41-35(43-36)29-15-9-6-10-16-29;1-12-2-4-16(5-3-12)17-9-13-6-14(10-17)8-15(7-13)11-17/h1-22,26-28,32-34H,23-25,29-31H2;5-25H,1-4H3;2-5,13-15H,6-11H2,1H3. The maximum Gasteiger partial charge on any atom is 0.494 e. The minimum Gasteiger partial charge on any atom is -0.399 e. The second-order valence-corrected chi connectivity index (χ2v) is 34.7. The summed E-state index contributed by atoms with van der Waals surface area (Å²) in [4.78, 5) is 39.1. The highest BCUT2D eigenvalue weighted by Crippen LogP contribution is 2.62. The molecular weight excluding hydrogens is 1390 g/mol. The number of aromatic nitrogens is 8. The Balaban J connectivity index is 0.000000127. The van der Waals surface area contributed by atoms with Crippen molar-refractivity contribution >= 4 is 12.6 Å². The van der Waals surface area contributed by atoms with Crippen LogP contribution in [-0.4, -0.2) is 58.2 Å². The zero-order chi connectivity index (χ0) is 77.0. The summed E-state index contributed by atoms with van der Waals surface area (Å²) >= 11 is 0. The Kier molecular flexibility index (Phi) is 19.4. The van der Waals surface area contributed by atoms with Crippen LogP contribution < -0.4 is 5.46 Å². The fourth-order valence-electron chi connectivity index (χ4n) is 20.6. The molecule has 8 bridgehead atoms. The van der Waals surface area contributed by atoms with Gasteiger partial charge < -0.3 is 9.31 Å². The SMILES string of the molecule is CC1(C)OB(c2cc(-c3ccc(-c4ccccn4)cc3)cc(-c3nc(-c4ccccc4)nc(-c4ccccc4)n3)c2)OC1(C)C.Cc1ccc(C23CC4CC(CC(C4)C2)C3)cc1.c1ccc(-c2nc(-c3ccccc3)nc(-c3cc(-c4ccc(-c5ccccn5)cc4)cc(-c4ccc(C56CC7CC(CC(C7)C5)C6)cc4)c3)n2)cc1. The summed E-state index contributed by atoms with van der Waals surface area (Å²) in [7, 11) is -0.550. The van der Waals surface area contributed by atoms with Crippen LogP contribution in [0.15, 0.2) is 304 Å². The molecule has 8 saturated carbocycles. The molecule has 4 aromatic heterocycles. The highest BCUT2D eigenvalue weighted by molar-refractivity contribution is 6.62. The van der Waals surface area contributed by atoms with Crippen LogP contribution in [0.4, 0.5) is 0 Å². The first-order valence-electron chi connectivity index (χ1n) is 41.3. The van der Waals surface area contributed by atoms with E-state index in [4.69, 9.17) is 39.2 Å². The van der Waals surface area contributed by atoms with E-state index in [0.29, 0.717) is 45.8 Å². The van der Waals surface area contributed by atoms with Crippen molar-refractivity contribution in [3.63, 3.8) is 0 Å². The highest BCUT2D eigenvalue weighted by atomic mass is 16.7. The van der Waals surface area contributed by atoms with Crippen molar-refractivity contribution in [1.29, 1.82) is 0 Å². The normalized spacial score (nSPS) is 22.3. The third kappa shape index (κ3) is 15.0. The number of hydrogen-bond acceptors (Lipinski definition) is 10. The van der Waals surface area contributed by atoms with Gasteiger partial charge in [0.05, 0.1) is 22.6 Å². The van der Waals surface area contributed by atoms with Crippen LogP contribution in [-0.2, 0) is 20.1 Å². The van der Waals surface area contributed by atoms with Crippen LogP contribution in [0.2, 0.25) is 0 Å². The predicted octanol–water partition coefficient (Wildman–Crippen LogP) is 24.1. The largest absolute Gasteiger partial charge is 0.494 e. The van der Waals surface area contributed by atoms with E-state index in [9.17, 15) is 0 Å². The zero-order valence-corrected chi connectivity index (χ0v) is 65.8. The molecule has 10 aromatic carbocycles. The van der Waals surface area contributed by atoms with Gasteiger partial charge in [-0.15, -0.1) is 0 Å². The molecule has 0 spiro atoms. The molecule has 14 aromatic rings. The molecule has 114 heavy (non-hydrogen) atoms. The van der Waals surface area contributed by atoms with Crippen LogP contribution >= 0.6 is 0 Å². The van der Waals surface area contributed by atoms with Gasteiger partial charge in [0, 0.05) is 56.9 Å². The molecule has 1 aliphatic heterocycles. The van der Waals surface area contributed by atoms with E-state index in [1.807, 2.05) is 140 Å².